The van der Waals surface area contributed by atoms with Crippen LogP contribution < -0.4 is 5.73 Å². The van der Waals surface area contributed by atoms with Gasteiger partial charge in [-0.1, -0.05) is 25.9 Å². The van der Waals surface area contributed by atoms with Gasteiger partial charge in [0.25, 0.3) is 0 Å². The highest BCUT2D eigenvalue weighted by atomic mass is 16.5. The summed E-state index contributed by atoms with van der Waals surface area (Å²) in [6.07, 6.45) is 4.17. The molecular weight excluding hydrogens is 266 g/mol. The van der Waals surface area contributed by atoms with Gasteiger partial charge in [-0.25, -0.2) is 0 Å². The maximum absolute atomic E-state index is 12.7. The molecule has 1 aromatic rings. The largest absolute Gasteiger partial charge is 0.361 e. The third-order valence-corrected chi connectivity index (χ3v) is 4.61. The summed E-state index contributed by atoms with van der Waals surface area (Å²) < 4.78 is 5.35. The van der Waals surface area contributed by atoms with E-state index >= 15 is 0 Å². The van der Waals surface area contributed by atoms with Crippen LogP contribution in [0.2, 0.25) is 0 Å². The molecule has 118 valence electrons. The van der Waals surface area contributed by atoms with Crippen molar-refractivity contribution in [2.45, 2.75) is 58.9 Å². The molecule has 1 aliphatic rings. The van der Waals surface area contributed by atoms with Crippen molar-refractivity contribution < 1.29 is 9.32 Å². The highest BCUT2D eigenvalue weighted by Gasteiger charge is 2.31. The molecule has 21 heavy (non-hydrogen) atoms. The maximum Gasteiger partial charge on any atom is 0.227 e. The fraction of sp³-hybridized carbons (Fsp3) is 0.750. The molecule has 1 aliphatic heterocycles. The molecule has 1 saturated heterocycles. The Bertz CT molecular complexity index is 462. The number of piperidine rings is 1. The second-order valence-corrected chi connectivity index (χ2v) is 5.92. The minimum Gasteiger partial charge on any atom is -0.361 e. The van der Waals surface area contributed by atoms with Gasteiger partial charge in [-0.3, -0.25) is 4.79 Å². The summed E-state index contributed by atoms with van der Waals surface area (Å²) >= 11 is 0. The van der Waals surface area contributed by atoms with Gasteiger partial charge in [0.15, 0.2) is 0 Å². The standard InChI is InChI=1S/C16H27N3O2/c1-4-13-12(15(5-2)21-18-13)9-16(20)19-8-6-7-11(3)14(19)10-17/h11,14H,4-10,17H2,1-3H3/t11-,14+/m1/s1. The first-order valence-corrected chi connectivity index (χ1v) is 8.08. The Hall–Kier alpha value is -1.36. The van der Waals surface area contributed by atoms with Crippen LogP contribution in [-0.4, -0.2) is 35.1 Å². The summed E-state index contributed by atoms with van der Waals surface area (Å²) in [5.74, 6) is 1.48. The highest BCUT2D eigenvalue weighted by molar-refractivity contribution is 5.79. The van der Waals surface area contributed by atoms with Crippen LogP contribution in [0.15, 0.2) is 4.52 Å². The maximum atomic E-state index is 12.7. The van der Waals surface area contributed by atoms with Crippen LogP contribution in [0.3, 0.4) is 0 Å². The van der Waals surface area contributed by atoms with Crippen molar-refractivity contribution in [3.63, 3.8) is 0 Å². The molecule has 5 nitrogen and oxygen atoms in total. The van der Waals surface area contributed by atoms with Gasteiger partial charge in [-0.15, -0.1) is 0 Å². The van der Waals surface area contributed by atoms with Crippen molar-refractivity contribution in [2.75, 3.05) is 13.1 Å². The molecule has 2 heterocycles. The van der Waals surface area contributed by atoms with E-state index in [0.717, 1.165) is 49.2 Å². The first-order chi connectivity index (χ1) is 10.1. The van der Waals surface area contributed by atoms with Crippen molar-refractivity contribution in [1.82, 2.24) is 10.1 Å². The van der Waals surface area contributed by atoms with E-state index in [1.807, 2.05) is 18.7 Å². The molecular formula is C16H27N3O2. The van der Waals surface area contributed by atoms with Crippen molar-refractivity contribution >= 4 is 5.91 Å². The average Bonchev–Trinajstić information content (AvgIpc) is 2.88. The Morgan fingerprint density at radius 1 is 1.43 bits per heavy atom. The highest BCUT2D eigenvalue weighted by Crippen LogP contribution is 2.24. The molecule has 1 aromatic heterocycles. The molecule has 0 aliphatic carbocycles. The second-order valence-electron chi connectivity index (χ2n) is 5.92. The minimum atomic E-state index is 0.157. The molecule has 0 bridgehead atoms. The van der Waals surface area contributed by atoms with Gasteiger partial charge >= 0.3 is 0 Å². The summed E-state index contributed by atoms with van der Waals surface area (Å²) in [6, 6.07) is 0.168. The number of rotatable bonds is 5. The number of carbonyl (C=O) groups is 1. The van der Waals surface area contributed by atoms with E-state index in [9.17, 15) is 4.79 Å². The molecule has 0 saturated carbocycles. The number of hydrogen-bond donors (Lipinski definition) is 1. The lowest BCUT2D eigenvalue weighted by Crippen LogP contribution is -2.51. The zero-order chi connectivity index (χ0) is 15.4. The third kappa shape index (κ3) is 3.28. The number of amides is 1. The molecule has 0 spiro atoms. The molecule has 2 N–H and O–H groups in total. The Balaban J connectivity index is 2.15. The number of nitrogens with two attached hydrogens (primary N) is 1. The lowest BCUT2D eigenvalue weighted by atomic mass is 9.90. The van der Waals surface area contributed by atoms with Crippen LogP contribution in [0, 0.1) is 5.92 Å². The molecule has 2 atom stereocenters. The molecule has 0 unspecified atom stereocenters. The van der Waals surface area contributed by atoms with Gasteiger partial charge in [0.05, 0.1) is 12.1 Å². The smallest absolute Gasteiger partial charge is 0.227 e. The van der Waals surface area contributed by atoms with Crippen molar-refractivity contribution in [1.29, 1.82) is 0 Å². The lowest BCUT2D eigenvalue weighted by Gasteiger charge is -2.39. The fourth-order valence-corrected chi connectivity index (χ4v) is 3.31. The quantitative estimate of drug-likeness (QED) is 0.900. The number of hydrogen-bond acceptors (Lipinski definition) is 4. The van der Waals surface area contributed by atoms with Gasteiger partial charge in [-0.05, 0) is 25.2 Å². The van der Waals surface area contributed by atoms with Crippen LogP contribution in [-0.2, 0) is 24.1 Å². The van der Waals surface area contributed by atoms with Gasteiger partial charge in [0.1, 0.15) is 5.76 Å². The Morgan fingerprint density at radius 2 is 2.19 bits per heavy atom. The SMILES string of the molecule is CCc1noc(CC)c1CC(=O)N1CCC[C@@H](C)[C@@H]1CN. The van der Waals surface area contributed by atoms with E-state index in [2.05, 4.69) is 12.1 Å². The zero-order valence-corrected chi connectivity index (χ0v) is 13.4. The molecule has 0 radical (unpaired) electrons. The van der Waals surface area contributed by atoms with Crippen LogP contribution in [0.4, 0.5) is 0 Å². The lowest BCUT2D eigenvalue weighted by molar-refractivity contribution is -0.135. The first kappa shape index (κ1) is 16.0. The topological polar surface area (TPSA) is 72.4 Å². The summed E-state index contributed by atoms with van der Waals surface area (Å²) in [4.78, 5) is 14.7. The van der Waals surface area contributed by atoms with Crippen LogP contribution >= 0.6 is 0 Å². The fourth-order valence-electron chi connectivity index (χ4n) is 3.31. The van der Waals surface area contributed by atoms with E-state index in [4.69, 9.17) is 10.3 Å². The number of likely N-dealkylation sites (tertiary alicyclic amines) is 1. The second kappa shape index (κ2) is 7.07. The third-order valence-electron chi connectivity index (χ3n) is 4.61. The number of aryl methyl sites for hydroxylation is 2. The monoisotopic (exact) mass is 293 g/mol. The van der Waals surface area contributed by atoms with Crippen LogP contribution in [0.5, 0.6) is 0 Å². The van der Waals surface area contributed by atoms with Crippen molar-refractivity contribution in [3.05, 3.63) is 17.0 Å². The van der Waals surface area contributed by atoms with Gasteiger partial charge in [0, 0.05) is 31.1 Å². The molecule has 1 fully saturated rings. The van der Waals surface area contributed by atoms with Crippen LogP contribution in [0.1, 0.15) is 50.6 Å². The zero-order valence-electron chi connectivity index (χ0n) is 13.4. The number of aromatic nitrogens is 1. The van der Waals surface area contributed by atoms with Gasteiger partial charge < -0.3 is 15.2 Å². The van der Waals surface area contributed by atoms with Crippen LogP contribution in [0.25, 0.3) is 0 Å². The predicted molar refractivity (Wildman–Crippen MR) is 81.9 cm³/mol. The van der Waals surface area contributed by atoms with Crippen molar-refractivity contribution in [3.8, 4) is 0 Å². The summed E-state index contributed by atoms with van der Waals surface area (Å²) in [5, 5.41) is 4.09. The van der Waals surface area contributed by atoms with E-state index in [-0.39, 0.29) is 11.9 Å². The molecule has 2 rings (SSSR count). The number of nitrogens with zero attached hydrogens (tertiary/aromatic N) is 2. The average molecular weight is 293 g/mol. The summed E-state index contributed by atoms with van der Waals surface area (Å²) in [7, 11) is 0. The predicted octanol–water partition coefficient (Wildman–Crippen LogP) is 1.93. The van der Waals surface area contributed by atoms with E-state index in [1.54, 1.807) is 0 Å². The van der Waals surface area contributed by atoms with E-state index in [0.29, 0.717) is 18.9 Å². The van der Waals surface area contributed by atoms with Gasteiger partial charge in [0.2, 0.25) is 5.91 Å². The van der Waals surface area contributed by atoms with E-state index < -0.39 is 0 Å². The van der Waals surface area contributed by atoms with Crippen molar-refractivity contribution in [2.24, 2.45) is 11.7 Å². The normalized spacial score (nSPS) is 22.6. The first-order valence-electron chi connectivity index (χ1n) is 8.08. The molecule has 1 amide bonds. The molecule has 0 aromatic carbocycles. The van der Waals surface area contributed by atoms with Gasteiger partial charge in [-0.2, -0.15) is 0 Å². The molecule has 5 heteroatoms. The number of carbonyl (C=O) groups excluding carboxylic acids is 1. The Labute approximate surface area is 126 Å². The summed E-state index contributed by atoms with van der Waals surface area (Å²) in [5.41, 5.74) is 7.78. The Kier molecular flexibility index (Phi) is 5.39. The van der Waals surface area contributed by atoms with E-state index in [1.165, 1.54) is 0 Å². The minimum absolute atomic E-state index is 0.157. The Morgan fingerprint density at radius 3 is 2.81 bits per heavy atom. The summed E-state index contributed by atoms with van der Waals surface area (Å²) in [6.45, 7) is 7.61.